The van der Waals surface area contributed by atoms with E-state index >= 15 is 0 Å². The van der Waals surface area contributed by atoms with Crippen molar-refractivity contribution < 1.29 is 14.7 Å². The van der Waals surface area contributed by atoms with Crippen molar-refractivity contribution >= 4 is 11.9 Å². The van der Waals surface area contributed by atoms with Gasteiger partial charge in [-0.05, 0) is 30.4 Å². The normalized spacial score (nSPS) is 14.2. The largest absolute Gasteiger partial charge is 0.480 e. The minimum atomic E-state index is -1.02. The number of nitrogens with zero attached hydrogens (tertiary/aromatic N) is 1. The predicted octanol–water partition coefficient (Wildman–Crippen LogP) is 1.41. The highest BCUT2D eigenvalue weighted by Gasteiger charge is 2.30. The summed E-state index contributed by atoms with van der Waals surface area (Å²) in [6.07, 6.45) is 3.24. The van der Waals surface area contributed by atoms with Crippen LogP contribution in [0.1, 0.15) is 30.9 Å². The summed E-state index contributed by atoms with van der Waals surface area (Å²) in [7, 11) is 0. The molecule has 1 amide bonds. The molecule has 0 unspecified atom stereocenters. The minimum absolute atomic E-state index is 0.227. The molecule has 5 heteroatoms. The van der Waals surface area contributed by atoms with Gasteiger partial charge in [-0.1, -0.05) is 31.2 Å². The van der Waals surface area contributed by atoms with Gasteiger partial charge in [-0.3, -0.25) is 14.5 Å². The molecule has 0 aliphatic heterocycles. The first kappa shape index (κ1) is 15.5. The average molecular weight is 290 g/mol. The molecular weight excluding hydrogens is 268 g/mol. The van der Waals surface area contributed by atoms with Gasteiger partial charge in [0.2, 0.25) is 5.91 Å². The second kappa shape index (κ2) is 7.22. The molecule has 0 spiro atoms. The number of amides is 1. The van der Waals surface area contributed by atoms with Crippen molar-refractivity contribution in [3.05, 3.63) is 35.4 Å². The van der Waals surface area contributed by atoms with Crippen molar-refractivity contribution in [3.8, 4) is 0 Å². The Hall–Kier alpha value is -1.88. The highest BCUT2D eigenvalue weighted by atomic mass is 16.4. The maximum absolute atomic E-state index is 11.8. The number of rotatable bonds is 8. The number of aliphatic carboxylic acids is 1. The predicted molar refractivity (Wildman–Crippen MR) is 79.9 cm³/mol. The summed E-state index contributed by atoms with van der Waals surface area (Å²) in [5.74, 6) is -1.24. The molecule has 1 fully saturated rings. The lowest BCUT2D eigenvalue weighted by Gasteiger charge is -2.21. The lowest BCUT2D eigenvalue weighted by Crippen LogP contribution is -2.40. The van der Waals surface area contributed by atoms with Crippen molar-refractivity contribution in [2.45, 2.75) is 38.8 Å². The van der Waals surface area contributed by atoms with Crippen LogP contribution in [0.5, 0.6) is 0 Å². The van der Waals surface area contributed by atoms with Crippen LogP contribution in [-0.2, 0) is 22.6 Å². The van der Waals surface area contributed by atoms with Crippen molar-refractivity contribution in [3.63, 3.8) is 0 Å². The molecular formula is C16H22N2O3. The Bertz CT molecular complexity index is 495. The number of benzene rings is 1. The van der Waals surface area contributed by atoms with E-state index in [0.717, 1.165) is 25.8 Å². The van der Waals surface area contributed by atoms with E-state index in [4.69, 9.17) is 5.11 Å². The minimum Gasteiger partial charge on any atom is -0.480 e. The molecule has 5 nitrogen and oxygen atoms in total. The topological polar surface area (TPSA) is 69.6 Å². The maximum atomic E-state index is 11.8. The molecule has 114 valence electrons. The summed E-state index contributed by atoms with van der Waals surface area (Å²) in [6, 6.07) is 8.88. The third-order valence-corrected chi connectivity index (χ3v) is 3.66. The number of hydrogen-bond donors (Lipinski definition) is 2. The van der Waals surface area contributed by atoms with Crippen LogP contribution in [0.3, 0.4) is 0 Å². The maximum Gasteiger partial charge on any atom is 0.322 e. The smallest absolute Gasteiger partial charge is 0.322 e. The summed E-state index contributed by atoms with van der Waals surface area (Å²) >= 11 is 0. The zero-order valence-electron chi connectivity index (χ0n) is 12.3. The molecule has 1 aliphatic carbocycles. The van der Waals surface area contributed by atoms with Crippen LogP contribution in [0.4, 0.5) is 0 Å². The van der Waals surface area contributed by atoms with Gasteiger partial charge in [-0.2, -0.15) is 0 Å². The van der Waals surface area contributed by atoms with Gasteiger partial charge in [0.05, 0.1) is 6.54 Å². The van der Waals surface area contributed by atoms with Crippen molar-refractivity contribution in [1.82, 2.24) is 10.2 Å². The SMILES string of the molecule is CCc1ccc(CN(CC(=O)NCC(=O)O)C2CC2)cc1. The Kier molecular flexibility index (Phi) is 5.33. The molecule has 0 aromatic heterocycles. The second-order valence-electron chi connectivity index (χ2n) is 5.48. The summed E-state index contributed by atoms with van der Waals surface area (Å²) in [6.45, 7) is 2.80. The summed E-state index contributed by atoms with van der Waals surface area (Å²) in [4.78, 5) is 24.3. The molecule has 0 radical (unpaired) electrons. The average Bonchev–Trinajstić information content (AvgIpc) is 3.30. The molecule has 1 saturated carbocycles. The molecule has 1 aromatic rings. The summed E-state index contributed by atoms with van der Waals surface area (Å²) in [5, 5.41) is 11.0. The molecule has 2 rings (SSSR count). The first-order valence-corrected chi connectivity index (χ1v) is 7.39. The van der Waals surface area contributed by atoms with E-state index in [9.17, 15) is 9.59 Å². The molecule has 0 bridgehead atoms. The highest BCUT2D eigenvalue weighted by Crippen LogP contribution is 2.28. The van der Waals surface area contributed by atoms with Gasteiger partial charge in [0.25, 0.3) is 0 Å². The lowest BCUT2D eigenvalue weighted by atomic mass is 10.1. The number of carbonyl (C=O) groups is 2. The fourth-order valence-electron chi connectivity index (χ4n) is 2.28. The third-order valence-electron chi connectivity index (χ3n) is 3.66. The zero-order valence-corrected chi connectivity index (χ0v) is 12.3. The van der Waals surface area contributed by atoms with Gasteiger partial charge < -0.3 is 10.4 Å². The number of carbonyl (C=O) groups excluding carboxylic acids is 1. The second-order valence-corrected chi connectivity index (χ2v) is 5.48. The van der Waals surface area contributed by atoms with E-state index in [1.54, 1.807) is 0 Å². The molecule has 0 heterocycles. The van der Waals surface area contributed by atoms with Gasteiger partial charge in [0.1, 0.15) is 6.54 Å². The van der Waals surface area contributed by atoms with Crippen LogP contribution in [0.25, 0.3) is 0 Å². The van der Waals surface area contributed by atoms with E-state index < -0.39 is 5.97 Å². The Morgan fingerprint density at radius 3 is 2.38 bits per heavy atom. The van der Waals surface area contributed by atoms with Crippen molar-refractivity contribution in [2.75, 3.05) is 13.1 Å². The van der Waals surface area contributed by atoms with E-state index in [0.29, 0.717) is 6.04 Å². The molecule has 0 atom stereocenters. The van der Waals surface area contributed by atoms with Gasteiger partial charge >= 0.3 is 5.97 Å². The van der Waals surface area contributed by atoms with E-state index in [1.807, 2.05) is 0 Å². The Morgan fingerprint density at radius 2 is 1.86 bits per heavy atom. The summed E-state index contributed by atoms with van der Waals surface area (Å²) in [5.41, 5.74) is 2.49. The van der Waals surface area contributed by atoms with Gasteiger partial charge in [0, 0.05) is 12.6 Å². The van der Waals surface area contributed by atoms with Crippen LogP contribution in [0, 0.1) is 0 Å². The van der Waals surface area contributed by atoms with E-state index in [2.05, 4.69) is 41.4 Å². The monoisotopic (exact) mass is 290 g/mol. The molecule has 1 aliphatic rings. The number of nitrogens with one attached hydrogen (secondary N) is 1. The number of carboxylic acids is 1. The summed E-state index contributed by atoms with van der Waals surface area (Å²) < 4.78 is 0. The van der Waals surface area contributed by atoms with Crippen molar-refractivity contribution in [1.29, 1.82) is 0 Å². The van der Waals surface area contributed by atoms with Crippen LogP contribution >= 0.6 is 0 Å². The first-order chi connectivity index (χ1) is 10.1. The zero-order chi connectivity index (χ0) is 15.2. The Labute approximate surface area is 125 Å². The number of hydrogen-bond acceptors (Lipinski definition) is 3. The van der Waals surface area contributed by atoms with E-state index in [1.165, 1.54) is 11.1 Å². The van der Waals surface area contributed by atoms with Crippen LogP contribution < -0.4 is 5.32 Å². The van der Waals surface area contributed by atoms with Gasteiger partial charge in [0.15, 0.2) is 0 Å². The molecule has 1 aromatic carbocycles. The van der Waals surface area contributed by atoms with Gasteiger partial charge in [-0.25, -0.2) is 0 Å². The van der Waals surface area contributed by atoms with Gasteiger partial charge in [-0.15, -0.1) is 0 Å². The van der Waals surface area contributed by atoms with Crippen molar-refractivity contribution in [2.24, 2.45) is 0 Å². The van der Waals surface area contributed by atoms with E-state index in [-0.39, 0.29) is 19.0 Å². The molecule has 0 saturated heterocycles. The standard InChI is InChI=1S/C16H22N2O3/c1-2-12-3-5-13(6-4-12)10-18(14-7-8-14)11-15(19)17-9-16(20)21/h3-6,14H,2,7-11H2,1H3,(H,17,19)(H,20,21). The fraction of sp³-hybridized carbons (Fsp3) is 0.500. The molecule has 21 heavy (non-hydrogen) atoms. The lowest BCUT2D eigenvalue weighted by molar-refractivity contribution is -0.138. The number of aryl methyl sites for hydroxylation is 1. The van der Waals surface area contributed by atoms with Crippen LogP contribution in [0.15, 0.2) is 24.3 Å². The van der Waals surface area contributed by atoms with Crippen LogP contribution in [0.2, 0.25) is 0 Å². The third kappa shape index (κ3) is 5.19. The quantitative estimate of drug-likeness (QED) is 0.759. The Morgan fingerprint density at radius 1 is 1.24 bits per heavy atom. The van der Waals surface area contributed by atoms with Crippen LogP contribution in [-0.4, -0.2) is 41.0 Å². The molecule has 2 N–H and O–H groups in total. The fourth-order valence-corrected chi connectivity index (χ4v) is 2.28. The first-order valence-electron chi connectivity index (χ1n) is 7.39. The Balaban J connectivity index is 1.89. The number of carboxylic acid groups (broad SMARTS) is 1. The highest BCUT2D eigenvalue weighted by molar-refractivity contribution is 5.82.